The molecule has 0 saturated heterocycles. The van der Waals surface area contributed by atoms with Gasteiger partial charge in [0.15, 0.2) is 0 Å². The summed E-state index contributed by atoms with van der Waals surface area (Å²) in [6.07, 6.45) is 4.67. The van der Waals surface area contributed by atoms with Crippen LogP contribution in [0, 0.1) is 24.0 Å². The summed E-state index contributed by atoms with van der Waals surface area (Å²) >= 11 is 0. The molecule has 0 aliphatic carbocycles. The smallest absolute Gasteiger partial charge is 0.270 e. The number of pyridine rings is 1. The molecule has 3 rings (SSSR count). The van der Waals surface area contributed by atoms with Gasteiger partial charge in [-0.2, -0.15) is 5.10 Å². The monoisotopic (exact) mass is 425 g/mol. The van der Waals surface area contributed by atoms with Crippen molar-refractivity contribution in [1.29, 1.82) is 0 Å². The van der Waals surface area contributed by atoms with Crippen molar-refractivity contribution in [2.45, 2.75) is 18.7 Å². The first-order valence-electron chi connectivity index (χ1n) is 8.84. The predicted octanol–water partition coefficient (Wildman–Crippen LogP) is 3.85. The van der Waals surface area contributed by atoms with Gasteiger partial charge in [-0.25, -0.2) is 8.42 Å². The Balaban J connectivity index is 1.96. The molecule has 0 radical (unpaired) electrons. The van der Waals surface area contributed by atoms with Crippen molar-refractivity contribution in [1.82, 2.24) is 4.98 Å². The van der Waals surface area contributed by atoms with Gasteiger partial charge in [-0.05, 0) is 49.2 Å². The number of rotatable bonds is 7. The molecule has 0 aliphatic heterocycles. The third-order valence-electron chi connectivity index (χ3n) is 4.20. The molecular weight excluding hydrogens is 406 g/mol. The van der Waals surface area contributed by atoms with Gasteiger partial charge >= 0.3 is 0 Å². The minimum absolute atomic E-state index is 0.100. The molecule has 1 heterocycles. The lowest BCUT2D eigenvalue weighted by Crippen LogP contribution is -2.16. The summed E-state index contributed by atoms with van der Waals surface area (Å²) in [5, 5.41) is 15.2. The van der Waals surface area contributed by atoms with Crippen molar-refractivity contribution in [3.63, 3.8) is 0 Å². The number of non-ortho nitro benzene ring substituents is 1. The zero-order valence-corrected chi connectivity index (χ0v) is 17.1. The van der Waals surface area contributed by atoms with Crippen LogP contribution in [0.2, 0.25) is 0 Å². The number of benzene rings is 2. The van der Waals surface area contributed by atoms with E-state index < -0.39 is 14.9 Å². The van der Waals surface area contributed by atoms with Crippen LogP contribution in [-0.4, -0.2) is 24.5 Å². The zero-order chi connectivity index (χ0) is 21.7. The summed E-state index contributed by atoms with van der Waals surface area (Å²) in [6, 6.07) is 12.2. The molecule has 2 aromatic carbocycles. The third-order valence-corrected chi connectivity index (χ3v) is 5.60. The molecule has 9 nitrogen and oxygen atoms in total. The van der Waals surface area contributed by atoms with Crippen LogP contribution in [0.1, 0.15) is 16.7 Å². The highest BCUT2D eigenvalue weighted by Gasteiger charge is 2.23. The molecule has 1 aromatic heterocycles. The number of sulfonamides is 1. The molecule has 154 valence electrons. The number of nitrogens with one attached hydrogen (secondary N) is 2. The molecule has 0 amide bonds. The molecule has 30 heavy (non-hydrogen) atoms. The van der Waals surface area contributed by atoms with Gasteiger partial charge in [0.05, 0.1) is 22.5 Å². The minimum Gasteiger partial charge on any atom is -0.279 e. The highest BCUT2D eigenvalue weighted by atomic mass is 32.2. The van der Waals surface area contributed by atoms with E-state index >= 15 is 0 Å². The van der Waals surface area contributed by atoms with Crippen molar-refractivity contribution in [3.8, 4) is 0 Å². The van der Waals surface area contributed by atoms with Crippen molar-refractivity contribution >= 4 is 33.3 Å². The van der Waals surface area contributed by atoms with E-state index in [2.05, 4.69) is 20.2 Å². The zero-order valence-electron chi connectivity index (χ0n) is 16.2. The molecular formula is C20H19N5O4S. The van der Waals surface area contributed by atoms with Gasteiger partial charge in [0.2, 0.25) is 0 Å². The second-order valence-electron chi connectivity index (χ2n) is 6.51. The first-order chi connectivity index (χ1) is 14.3. The quantitative estimate of drug-likeness (QED) is 0.336. The fourth-order valence-electron chi connectivity index (χ4n) is 2.69. The van der Waals surface area contributed by atoms with E-state index in [4.69, 9.17) is 0 Å². The van der Waals surface area contributed by atoms with Gasteiger partial charge in [-0.15, -0.1) is 0 Å². The van der Waals surface area contributed by atoms with E-state index in [0.717, 1.165) is 22.8 Å². The van der Waals surface area contributed by atoms with E-state index in [-0.39, 0.29) is 16.3 Å². The van der Waals surface area contributed by atoms with E-state index in [1.165, 1.54) is 18.3 Å². The maximum atomic E-state index is 13.0. The Morgan fingerprint density at radius 3 is 2.40 bits per heavy atom. The van der Waals surface area contributed by atoms with Gasteiger partial charge in [-0.1, -0.05) is 17.7 Å². The number of nitrogens with zero attached hydrogens (tertiary/aromatic N) is 3. The van der Waals surface area contributed by atoms with Crippen LogP contribution in [0.3, 0.4) is 0 Å². The van der Waals surface area contributed by atoms with Crippen LogP contribution < -0.4 is 10.1 Å². The first-order valence-corrected chi connectivity index (χ1v) is 10.3. The fraction of sp³-hybridized carbons (Fsp3) is 0.100. The topological polar surface area (TPSA) is 127 Å². The molecule has 0 aliphatic rings. The Hall–Kier alpha value is -3.79. The van der Waals surface area contributed by atoms with Crippen LogP contribution in [0.4, 0.5) is 17.1 Å². The van der Waals surface area contributed by atoms with E-state index in [1.54, 1.807) is 43.6 Å². The Morgan fingerprint density at radius 1 is 1.03 bits per heavy atom. The van der Waals surface area contributed by atoms with Crippen molar-refractivity contribution in [2.75, 3.05) is 10.1 Å². The summed E-state index contributed by atoms with van der Waals surface area (Å²) in [4.78, 5) is 14.1. The van der Waals surface area contributed by atoms with Gasteiger partial charge < -0.3 is 0 Å². The highest BCUT2D eigenvalue weighted by molar-refractivity contribution is 7.92. The summed E-state index contributed by atoms with van der Waals surface area (Å²) in [7, 11) is -4.13. The Kier molecular flexibility index (Phi) is 6.07. The van der Waals surface area contributed by atoms with Gasteiger partial charge in [0.1, 0.15) is 4.90 Å². The standard InChI is InChI=1S/C20H19N5O4S/c1-14-3-5-18(15(2)11-14)24-30(28,29)20-12-17(25(26)27)4-6-19(20)23-22-13-16-7-9-21-10-8-16/h3-13,23-24H,1-2H3/b22-13+. The molecule has 0 spiro atoms. The minimum atomic E-state index is -4.13. The number of hydrogen-bond donors (Lipinski definition) is 2. The Bertz CT molecular complexity index is 1210. The summed E-state index contributed by atoms with van der Waals surface area (Å²) in [6.45, 7) is 3.67. The Labute approximate surface area is 173 Å². The summed E-state index contributed by atoms with van der Waals surface area (Å²) < 4.78 is 28.6. The maximum absolute atomic E-state index is 13.0. The summed E-state index contributed by atoms with van der Waals surface area (Å²) in [5.74, 6) is 0. The van der Waals surface area contributed by atoms with Crippen LogP contribution in [0.5, 0.6) is 0 Å². The number of aromatic nitrogens is 1. The van der Waals surface area contributed by atoms with Crippen LogP contribution >= 0.6 is 0 Å². The third kappa shape index (κ3) is 4.97. The molecule has 3 aromatic rings. The number of anilines is 2. The average molecular weight is 425 g/mol. The molecule has 10 heteroatoms. The number of nitro benzene ring substituents is 1. The molecule has 0 atom stereocenters. The van der Waals surface area contributed by atoms with Crippen molar-refractivity contribution < 1.29 is 13.3 Å². The second-order valence-corrected chi connectivity index (χ2v) is 8.16. The summed E-state index contributed by atoms with van der Waals surface area (Å²) in [5.41, 5.74) is 5.25. The van der Waals surface area contributed by atoms with Crippen LogP contribution in [-0.2, 0) is 10.0 Å². The largest absolute Gasteiger partial charge is 0.279 e. The highest BCUT2D eigenvalue weighted by Crippen LogP contribution is 2.29. The fourth-order valence-corrected chi connectivity index (χ4v) is 4.00. The normalized spacial score (nSPS) is 11.4. The van der Waals surface area contributed by atoms with Gasteiger partial charge in [-0.3, -0.25) is 25.2 Å². The molecule has 0 fully saturated rings. The molecule has 0 saturated carbocycles. The maximum Gasteiger partial charge on any atom is 0.270 e. The van der Waals surface area contributed by atoms with Crippen molar-refractivity contribution in [3.05, 3.63) is 87.7 Å². The average Bonchev–Trinajstić information content (AvgIpc) is 2.71. The van der Waals surface area contributed by atoms with Gasteiger partial charge in [0, 0.05) is 24.5 Å². The van der Waals surface area contributed by atoms with E-state index in [1.807, 2.05) is 13.0 Å². The number of aryl methyl sites for hydroxylation is 2. The molecule has 2 N–H and O–H groups in total. The van der Waals surface area contributed by atoms with E-state index in [0.29, 0.717) is 5.69 Å². The lowest BCUT2D eigenvalue weighted by atomic mass is 10.1. The molecule has 0 unspecified atom stereocenters. The first kappa shape index (κ1) is 20.9. The number of nitro groups is 1. The predicted molar refractivity (Wildman–Crippen MR) is 115 cm³/mol. The van der Waals surface area contributed by atoms with Gasteiger partial charge in [0.25, 0.3) is 15.7 Å². The van der Waals surface area contributed by atoms with E-state index in [9.17, 15) is 18.5 Å². The Morgan fingerprint density at radius 2 is 1.73 bits per heavy atom. The van der Waals surface area contributed by atoms with Crippen LogP contribution in [0.15, 0.2) is 70.9 Å². The molecule has 0 bridgehead atoms. The number of hydrazone groups is 1. The number of hydrogen-bond acceptors (Lipinski definition) is 7. The van der Waals surface area contributed by atoms with Crippen LogP contribution in [0.25, 0.3) is 0 Å². The van der Waals surface area contributed by atoms with Crippen molar-refractivity contribution in [2.24, 2.45) is 5.10 Å². The second kappa shape index (κ2) is 8.70. The lowest BCUT2D eigenvalue weighted by Gasteiger charge is -2.14. The lowest BCUT2D eigenvalue weighted by molar-refractivity contribution is -0.385. The SMILES string of the molecule is Cc1ccc(NS(=O)(=O)c2cc([N+](=O)[O-])ccc2N/N=C/c2ccncc2)c(C)c1.